The summed E-state index contributed by atoms with van der Waals surface area (Å²) in [7, 11) is 0. The Morgan fingerprint density at radius 2 is 1.78 bits per heavy atom. The van der Waals surface area contributed by atoms with Crippen LogP contribution in [0.3, 0.4) is 0 Å². The largest absolute Gasteiger partial charge is 0.341 e. The van der Waals surface area contributed by atoms with Gasteiger partial charge in [-0.05, 0) is 50.7 Å². The van der Waals surface area contributed by atoms with Crippen LogP contribution in [-0.2, 0) is 11.2 Å². The molecule has 0 saturated carbocycles. The lowest BCUT2D eigenvalue weighted by atomic mass is 9.90. The monoisotopic (exact) mass is 445 g/mol. The van der Waals surface area contributed by atoms with Gasteiger partial charge in [0.15, 0.2) is 0 Å². The van der Waals surface area contributed by atoms with E-state index in [1.807, 2.05) is 42.2 Å². The molecule has 1 saturated heterocycles. The Bertz CT molecular complexity index is 1330. The number of likely N-dealkylation sites (tertiary alicyclic amines) is 1. The van der Waals surface area contributed by atoms with E-state index >= 15 is 0 Å². The van der Waals surface area contributed by atoms with E-state index in [9.17, 15) is 9.59 Å². The first-order valence-electron chi connectivity index (χ1n) is 11.3. The lowest BCUT2D eigenvalue weighted by molar-refractivity contribution is -0.136. The number of rotatable bonds is 4. The Hall–Kier alpha value is -2.99. The summed E-state index contributed by atoms with van der Waals surface area (Å²) in [6, 6.07) is 17.9. The van der Waals surface area contributed by atoms with Crippen molar-refractivity contribution in [3.8, 4) is 0 Å². The minimum atomic E-state index is -0.616. The Morgan fingerprint density at radius 3 is 2.53 bits per heavy atom. The molecule has 4 aromatic rings. The number of carbonyl (C=O) groups excluding carboxylic acids is 1. The van der Waals surface area contributed by atoms with Crippen LogP contribution in [0.1, 0.15) is 37.1 Å². The van der Waals surface area contributed by atoms with Crippen LogP contribution in [0.2, 0.25) is 0 Å². The van der Waals surface area contributed by atoms with Crippen LogP contribution in [0.5, 0.6) is 0 Å². The number of hydrogen-bond acceptors (Lipinski definition) is 4. The van der Waals surface area contributed by atoms with E-state index in [2.05, 4.69) is 29.4 Å². The number of hydrogen-bond donors (Lipinski definition) is 0. The van der Waals surface area contributed by atoms with Crippen molar-refractivity contribution in [3.63, 3.8) is 0 Å². The van der Waals surface area contributed by atoms with Gasteiger partial charge in [0.1, 0.15) is 6.04 Å². The van der Waals surface area contributed by atoms with E-state index < -0.39 is 6.04 Å². The number of carbonyl (C=O) groups is 1. The van der Waals surface area contributed by atoms with Gasteiger partial charge in [0, 0.05) is 23.2 Å². The second-order valence-electron chi connectivity index (χ2n) is 8.77. The molecule has 2 aromatic heterocycles. The first-order chi connectivity index (χ1) is 15.5. The standard InChI is InChI=1S/C26H27N3O2S/c1-17-24-23(21-10-6-7-11-22(21)32-24)26(31)29(27-17)18(2)25(30)28-14-12-20(13-15-28)16-19-8-4-3-5-9-19/h3-11,18,20H,12-16H2,1-2H3/t18-/m0/s1. The lowest BCUT2D eigenvalue weighted by Gasteiger charge is -2.33. The average molecular weight is 446 g/mol. The topological polar surface area (TPSA) is 55.2 Å². The van der Waals surface area contributed by atoms with Crippen LogP contribution >= 0.6 is 11.3 Å². The molecule has 1 amide bonds. The Labute approximate surface area is 191 Å². The highest BCUT2D eigenvalue weighted by atomic mass is 32.1. The normalized spacial score (nSPS) is 16.0. The molecule has 1 aliphatic heterocycles. The molecule has 164 valence electrons. The van der Waals surface area contributed by atoms with E-state index in [-0.39, 0.29) is 11.5 Å². The second-order valence-corrected chi connectivity index (χ2v) is 9.82. The first-order valence-corrected chi connectivity index (χ1v) is 12.1. The van der Waals surface area contributed by atoms with Crippen molar-refractivity contribution in [2.75, 3.05) is 13.1 Å². The minimum absolute atomic E-state index is 0.0175. The number of amides is 1. The van der Waals surface area contributed by atoms with Gasteiger partial charge >= 0.3 is 0 Å². The highest BCUT2D eigenvalue weighted by Gasteiger charge is 2.29. The third kappa shape index (κ3) is 3.73. The van der Waals surface area contributed by atoms with Crippen molar-refractivity contribution >= 4 is 37.4 Å². The van der Waals surface area contributed by atoms with Gasteiger partial charge in [-0.3, -0.25) is 9.59 Å². The van der Waals surface area contributed by atoms with Gasteiger partial charge in [-0.15, -0.1) is 11.3 Å². The second kappa shape index (κ2) is 8.51. The molecule has 5 nitrogen and oxygen atoms in total. The predicted molar refractivity (Wildman–Crippen MR) is 130 cm³/mol. The van der Waals surface area contributed by atoms with Gasteiger partial charge in [-0.25, -0.2) is 4.68 Å². The quantitative estimate of drug-likeness (QED) is 0.446. The summed E-state index contributed by atoms with van der Waals surface area (Å²) in [6.07, 6.45) is 3.03. The number of aryl methyl sites for hydroxylation is 1. The SMILES string of the molecule is Cc1nn([C@@H](C)C(=O)N2CCC(Cc3ccccc3)CC2)c(=O)c2c1sc1ccccc12. The van der Waals surface area contributed by atoms with Crippen molar-refractivity contribution in [1.82, 2.24) is 14.7 Å². The molecule has 6 heteroatoms. The van der Waals surface area contributed by atoms with Crippen LogP contribution < -0.4 is 5.56 Å². The predicted octanol–water partition coefficient (Wildman–Crippen LogP) is 4.96. The van der Waals surface area contributed by atoms with Gasteiger partial charge in [0.25, 0.3) is 5.56 Å². The summed E-state index contributed by atoms with van der Waals surface area (Å²) < 4.78 is 3.38. The fourth-order valence-corrected chi connectivity index (χ4v) is 5.95. The van der Waals surface area contributed by atoms with Gasteiger partial charge < -0.3 is 4.90 Å². The van der Waals surface area contributed by atoms with E-state index in [1.165, 1.54) is 10.2 Å². The molecule has 0 radical (unpaired) electrons. The highest BCUT2D eigenvalue weighted by Crippen LogP contribution is 2.33. The maximum absolute atomic E-state index is 13.4. The highest BCUT2D eigenvalue weighted by molar-refractivity contribution is 7.26. The molecular weight excluding hydrogens is 418 g/mol. The molecule has 5 rings (SSSR count). The molecule has 0 unspecified atom stereocenters. The van der Waals surface area contributed by atoms with Crippen molar-refractivity contribution < 1.29 is 4.79 Å². The average Bonchev–Trinajstić information content (AvgIpc) is 3.22. The van der Waals surface area contributed by atoms with E-state index in [1.54, 1.807) is 18.3 Å². The van der Waals surface area contributed by atoms with Gasteiger partial charge in [-0.2, -0.15) is 5.10 Å². The summed E-state index contributed by atoms with van der Waals surface area (Å²) in [5.74, 6) is 0.574. The molecule has 1 fully saturated rings. The Morgan fingerprint density at radius 1 is 1.09 bits per heavy atom. The van der Waals surface area contributed by atoms with Crippen LogP contribution in [0.25, 0.3) is 20.2 Å². The molecule has 32 heavy (non-hydrogen) atoms. The number of nitrogens with zero attached hydrogens (tertiary/aromatic N) is 3. The van der Waals surface area contributed by atoms with Crippen LogP contribution in [0, 0.1) is 12.8 Å². The van der Waals surface area contributed by atoms with E-state index in [0.29, 0.717) is 11.3 Å². The zero-order valence-electron chi connectivity index (χ0n) is 18.5. The summed E-state index contributed by atoms with van der Waals surface area (Å²) in [5.41, 5.74) is 1.97. The Balaban J connectivity index is 1.36. The van der Waals surface area contributed by atoms with Crippen LogP contribution in [-0.4, -0.2) is 33.7 Å². The maximum atomic E-state index is 13.4. The molecule has 1 aliphatic rings. The van der Waals surface area contributed by atoms with E-state index in [4.69, 9.17) is 0 Å². The number of benzene rings is 2. The van der Waals surface area contributed by atoms with Crippen molar-refractivity contribution in [3.05, 3.63) is 76.2 Å². The molecular formula is C26H27N3O2S. The summed E-state index contributed by atoms with van der Waals surface area (Å²) in [4.78, 5) is 28.6. The number of fused-ring (bicyclic) bond motifs is 3. The van der Waals surface area contributed by atoms with Crippen molar-refractivity contribution in [2.45, 2.75) is 39.2 Å². The molecule has 0 N–H and O–H groups in total. The molecule has 0 spiro atoms. The molecule has 3 heterocycles. The third-order valence-electron chi connectivity index (χ3n) is 6.62. The zero-order valence-corrected chi connectivity index (χ0v) is 19.3. The van der Waals surface area contributed by atoms with Crippen LogP contribution in [0.15, 0.2) is 59.4 Å². The van der Waals surface area contributed by atoms with E-state index in [0.717, 1.165) is 52.8 Å². The first kappa shape index (κ1) is 20.9. The molecule has 0 aliphatic carbocycles. The number of piperidine rings is 1. The number of aromatic nitrogens is 2. The van der Waals surface area contributed by atoms with Gasteiger partial charge in [0.2, 0.25) is 5.91 Å². The molecule has 1 atom stereocenters. The summed E-state index contributed by atoms with van der Waals surface area (Å²) in [6.45, 7) is 5.18. The zero-order chi connectivity index (χ0) is 22.2. The smallest absolute Gasteiger partial charge is 0.276 e. The minimum Gasteiger partial charge on any atom is -0.341 e. The third-order valence-corrected chi connectivity index (χ3v) is 7.90. The fraction of sp³-hybridized carbons (Fsp3) is 0.346. The maximum Gasteiger partial charge on any atom is 0.276 e. The van der Waals surface area contributed by atoms with Crippen molar-refractivity contribution in [2.24, 2.45) is 5.92 Å². The van der Waals surface area contributed by atoms with Crippen LogP contribution in [0.4, 0.5) is 0 Å². The summed E-state index contributed by atoms with van der Waals surface area (Å²) in [5, 5.41) is 6.17. The lowest BCUT2D eigenvalue weighted by Crippen LogP contribution is -2.44. The van der Waals surface area contributed by atoms with Gasteiger partial charge in [-0.1, -0.05) is 48.5 Å². The molecule has 2 aromatic carbocycles. The summed E-state index contributed by atoms with van der Waals surface area (Å²) >= 11 is 1.59. The van der Waals surface area contributed by atoms with Crippen molar-refractivity contribution in [1.29, 1.82) is 0 Å². The molecule has 0 bridgehead atoms. The number of thiophene rings is 1. The van der Waals surface area contributed by atoms with Gasteiger partial charge in [0.05, 0.1) is 15.8 Å². The fourth-order valence-electron chi connectivity index (χ4n) is 4.82. The Kier molecular flexibility index (Phi) is 5.55.